The van der Waals surface area contributed by atoms with E-state index in [4.69, 9.17) is 5.11 Å². The van der Waals surface area contributed by atoms with Crippen LogP contribution in [0.3, 0.4) is 0 Å². The van der Waals surface area contributed by atoms with Crippen LogP contribution in [0.2, 0.25) is 0 Å². The molecule has 5 heteroatoms. The topological polar surface area (TPSA) is 78.4 Å². The number of piperidine rings is 1. The second-order valence-corrected chi connectivity index (χ2v) is 4.39. The van der Waals surface area contributed by atoms with E-state index in [0.29, 0.717) is 6.54 Å². The maximum Gasteiger partial charge on any atom is 0.322 e. The van der Waals surface area contributed by atoms with E-state index in [0.717, 1.165) is 32.2 Å². The number of amides is 1. The summed E-state index contributed by atoms with van der Waals surface area (Å²) in [7, 11) is 0. The smallest absolute Gasteiger partial charge is 0.322 e. The van der Waals surface area contributed by atoms with Gasteiger partial charge < -0.3 is 15.7 Å². The van der Waals surface area contributed by atoms with Crippen molar-refractivity contribution in [3.63, 3.8) is 0 Å². The Bertz CT molecular complexity index is 254. The van der Waals surface area contributed by atoms with Gasteiger partial charge in [-0.2, -0.15) is 0 Å². The maximum atomic E-state index is 12.0. The van der Waals surface area contributed by atoms with Crippen molar-refractivity contribution in [3.8, 4) is 0 Å². The van der Waals surface area contributed by atoms with E-state index in [1.54, 1.807) is 0 Å². The average molecular weight is 228 g/mol. The second kappa shape index (κ2) is 5.84. The monoisotopic (exact) mass is 228 g/mol. The minimum absolute atomic E-state index is 0.121. The lowest BCUT2D eigenvalue weighted by molar-refractivity contribution is -0.140. The molecule has 1 aliphatic heterocycles. The average Bonchev–Trinajstić information content (AvgIpc) is 2.27. The van der Waals surface area contributed by atoms with Crippen LogP contribution in [0.1, 0.15) is 32.6 Å². The Morgan fingerprint density at radius 3 is 2.75 bits per heavy atom. The van der Waals surface area contributed by atoms with Crippen molar-refractivity contribution in [3.05, 3.63) is 0 Å². The van der Waals surface area contributed by atoms with Gasteiger partial charge in [0.15, 0.2) is 0 Å². The number of carbonyl (C=O) groups is 2. The van der Waals surface area contributed by atoms with Crippen LogP contribution in [0.25, 0.3) is 0 Å². The van der Waals surface area contributed by atoms with Crippen molar-refractivity contribution in [1.82, 2.24) is 10.6 Å². The highest BCUT2D eigenvalue weighted by molar-refractivity contribution is 5.86. The van der Waals surface area contributed by atoms with Gasteiger partial charge in [0, 0.05) is 6.54 Å². The van der Waals surface area contributed by atoms with Crippen LogP contribution in [0.15, 0.2) is 0 Å². The van der Waals surface area contributed by atoms with Crippen LogP contribution in [0.5, 0.6) is 0 Å². The Hall–Kier alpha value is -1.10. The number of hydrogen-bond donors (Lipinski definition) is 3. The molecular formula is C11H20N2O3. The standard InChI is InChI=1S/C11H20N2O3/c1-2-4-11(5-3-6-12-8-11)10(16)13-7-9(14)15/h12H,2-8H2,1H3,(H,13,16)(H,14,15). The number of carboxylic acid groups (broad SMARTS) is 1. The SMILES string of the molecule is CCCC1(C(=O)NCC(=O)O)CCCNC1. The summed E-state index contributed by atoms with van der Waals surface area (Å²) in [5, 5.41) is 14.3. The van der Waals surface area contributed by atoms with Crippen LogP contribution in [-0.4, -0.2) is 36.6 Å². The molecule has 1 rings (SSSR count). The van der Waals surface area contributed by atoms with E-state index in [9.17, 15) is 9.59 Å². The summed E-state index contributed by atoms with van der Waals surface area (Å²) in [6.45, 7) is 3.36. The number of nitrogens with one attached hydrogen (secondary N) is 2. The lowest BCUT2D eigenvalue weighted by atomic mass is 9.76. The first-order chi connectivity index (χ1) is 7.60. The fourth-order valence-electron chi connectivity index (χ4n) is 2.31. The number of hydrogen-bond acceptors (Lipinski definition) is 3. The quantitative estimate of drug-likeness (QED) is 0.634. The van der Waals surface area contributed by atoms with Crippen molar-refractivity contribution < 1.29 is 14.7 Å². The summed E-state index contributed by atoms with van der Waals surface area (Å²) < 4.78 is 0. The molecule has 92 valence electrons. The summed E-state index contributed by atoms with van der Waals surface area (Å²) in [4.78, 5) is 22.4. The summed E-state index contributed by atoms with van der Waals surface area (Å²) in [6, 6.07) is 0. The highest BCUT2D eigenvalue weighted by Crippen LogP contribution is 2.31. The Morgan fingerprint density at radius 2 is 2.25 bits per heavy atom. The first-order valence-corrected chi connectivity index (χ1v) is 5.81. The van der Waals surface area contributed by atoms with Crippen molar-refractivity contribution in [2.75, 3.05) is 19.6 Å². The molecule has 0 aromatic carbocycles. The van der Waals surface area contributed by atoms with E-state index >= 15 is 0 Å². The predicted molar refractivity (Wildman–Crippen MR) is 60.1 cm³/mol. The van der Waals surface area contributed by atoms with Gasteiger partial charge in [0.1, 0.15) is 6.54 Å². The minimum Gasteiger partial charge on any atom is -0.480 e. The predicted octanol–water partition coefficient (Wildman–Crippen LogP) is 0.357. The lowest BCUT2D eigenvalue weighted by Crippen LogP contribution is -2.51. The van der Waals surface area contributed by atoms with Gasteiger partial charge >= 0.3 is 5.97 Å². The van der Waals surface area contributed by atoms with Crippen molar-refractivity contribution >= 4 is 11.9 Å². The zero-order valence-corrected chi connectivity index (χ0v) is 9.71. The Labute approximate surface area is 95.6 Å². The largest absolute Gasteiger partial charge is 0.480 e. The van der Waals surface area contributed by atoms with E-state index in [-0.39, 0.29) is 12.5 Å². The third kappa shape index (κ3) is 3.20. The molecule has 0 radical (unpaired) electrons. The van der Waals surface area contributed by atoms with E-state index < -0.39 is 11.4 Å². The Balaban J connectivity index is 2.60. The van der Waals surface area contributed by atoms with Gasteiger partial charge in [0.2, 0.25) is 5.91 Å². The summed E-state index contributed by atoms with van der Waals surface area (Å²) in [5.41, 5.74) is -0.400. The third-order valence-corrected chi connectivity index (χ3v) is 3.08. The van der Waals surface area contributed by atoms with Gasteiger partial charge in [0.05, 0.1) is 5.41 Å². The van der Waals surface area contributed by atoms with Crippen LogP contribution >= 0.6 is 0 Å². The van der Waals surface area contributed by atoms with Gasteiger partial charge in [-0.05, 0) is 25.8 Å². The molecule has 1 fully saturated rings. The molecule has 0 aromatic heterocycles. The number of carboxylic acids is 1. The third-order valence-electron chi connectivity index (χ3n) is 3.08. The van der Waals surface area contributed by atoms with Gasteiger partial charge in [0.25, 0.3) is 0 Å². The first kappa shape index (κ1) is 13.0. The lowest BCUT2D eigenvalue weighted by Gasteiger charge is -2.36. The van der Waals surface area contributed by atoms with Crippen LogP contribution < -0.4 is 10.6 Å². The van der Waals surface area contributed by atoms with Crippen LogP contribution in [0.4, 0.5) is 0 Å². The van der Waals surface area contributed by atoms with Crippen LogP contribution in [0, 0.1) is 5.41 Å². The van der Waals surface area contributed by atoms with E-state index in [1.807, 2.05) is 6.92 Å². The molecule has 0 spiro atoms. The highest BCUT2D eigenvalue weighted by Gasteiger charge is 2.38. The molecular weight excluding hydrogens is 208 g/mol. The molecule has 1 atom stereocenters. The molecule has 5 nitrogen and oxygen atoms in total. The molecule has 1 amide bonds. The fourth-order valence-corrected chi connectivity index (χ4v) is 2.31. The van der Waals surface area contributed by atoms with E-state index in [2.05, 4.69) is 10.6 Å². The summed E-state index contributed by atoms with van der Waals surface area (Å²) in [6.07, 6.45) is 3.56. The number of rotatable bonds is 5. The van der Waals surface area contributed by atoms with Crippen LogP contribution in [-0.2, 0) is 9.59 Å². The van der Waals surface area contributed by atoms with E-state index in [1.165, 1.54) is 0 Å². The molecule has 1 heterocycles. The molecule has 16 heavy (non-hydrogen) atoms. The highest BCUT2D eigenvalue weighted by atomic mass is 16.4. The Morgan fingerprint density at radius 1 is 1.50 bits per heavy atom. The van der Waals surface area contributed by atoms with Crippen molar-refractivity contribution in [2.24, 2.45) is 5.41 Å². The normalized spacial score (nSPS) is 25.1. The molecule has 0 saturated carbocycles. The van der Waals surface area contributed by atoms with Crippen molar-refractivity contribution in [1.29, 1.82) is 0 Å². The summed E-state index contributed by atoms with van der Waals surface area (Å²) in [5.74, 6) is -1.12. The first-order valence-electron chi connectivity index (χ1n) is 5.81. The maximum absolute atomic E-state index is 12.0. The summed E-state index contributed by atoms with van der Waals surface area (Å²) >= 11 is 0. The Kier molecular flexibility index (Phi) is 4.73. The van der Waals surface area contributed by atoms with Gasteiger partial charge in [-0.3, -0.25) is 9.59 Å². The minimum atomic E-state index is -0.997. The molecule has 0 aliphatic carbocycles. The molecule has 0 bridgehead atoms. The zero-order valence-electron chi connectivity index (χ0n) is 9.71. The number of carbonyl (C=O) groups excluding carboxylic acids is 1. The second-order valence-electron chi connectivity index (χ2n) is 4.39. The fraction of sp³-hybridized carbons (Fsp3) is 0.818. The molecule has 1 unspecified atom stereocenters. The van der Waals surface area contributed by atoms with Crippen molar-refractivity contribution in [2.45, 2.75) is 32.6 Å². The number of aliphatic carboxylic acids is 1. The van der Waals surface area contributed by atoms with Gasteiger partial charge in [-0.25, -0.2) is 0 Å². The van der Waals surface area contributed by atoms with Gasteiger partial charge in [-0.15, -0.1) is 0 Å². The molecule has 1 aliphatic rings. The van der Waals surface area contributed by atoms with Gasteiger partial charge in [-0.1, -0.05) is 13.3 Å². The molecule has 0 aromatic rings. The molecule has 1 saturated heterocycles. The molecule has 3 N–H and O–H groups in total. The zero-order chi connectivity index (χ0) is 12.0.